The van der Waals surface area contributed by atoms with E-state index in [1.54, 1.807) is 11.8 Å². The van der Waals surface area contributed by atoms with Gasteiger partial charge in [-0.3, -0.25) is 0 Å². The first kappa shape index (κ1) is 14.6. The van der Waals surface area contributed by atoms with Crippen molar-refractivity contribution >= 4 is 17.4 Å². The summed E-state index contributed by atoms with van der Waals surface area (Å²) in [7, 11) is 0. The quantitative estimate of drug-likeness (QED) is 0.478. The Hall–Kier alpha value is -1.81. The van der Waals surface area contributed by atoms with Gasteiger partial charge >= 0.3 is 0 Å². The van der Waals surface area contributed by atoms with Crippen molar-refractivity contribution in [3.8, 4) is 11.5 Å². The second-order valence-electron chi connectivity index (χ2n) is 4.30. The molecule has 4 heteroatoms. The zero-order valence-corrected chi connectivity index (χ0v) is 12.4. The second kappa shape index (κ2) is 7.70. The maximum absolute atomic E-state index is 5.65. The van der Waals surface area contributed by atoms with Crippen LogP contribution in [0.4, 0.5) is 5.69 Å². The number of nitrogen functional groups attached to an aromatic ring is 1. The molecule has 2 aromatic carbocycles. The molecule has 106 valence electrons. The van der Waals surface area contributed by atoms with E-state index in [4.69, 9.17) is 15.2 Å². The topological polar surface area (TPSA) is 44.5 Å². The standard InChI is InChI=1S/C16H19NO2S/c1-20-16-9-7-15(8-10-16)19-12-2-11-18-14-5-3-13(17)4-6-14/h3-10H,2,11-12,17H2,1H3. The number of nitrogens with two attached hydrogens (primary N) is 1. The van der Waals surface area contributed by atoms with E-state index in [0.717, 1.165) is 23.6 Å². The lowest BCUT2D eigenvalue weighted by molar-refractivity contribution is 0.247. The third kappa shape index (κ3) is 4.70. The SMILES string of the molecule is CSc1ccc(OCCCOc2ccc(N)cc2)cc1. The van der Waals surface area contributed by atoms with Gasteiger partial charge < -0.3 is 15.2 Å². The van der Waals surface area contributed by atoms with Crippen LogP contribution in [-0.2, 0) is 0 Å². The molecular formula is C16H19NO2S. The first-order valence-electron chi connectivity index (χ1n) is 6.53. The minimum absolute atomic E-state index is 0.632. The Labute approximate surface area is 124 Å². The van der Waals surface area contributed by atoms with Gasteiger partial charge in [0.2, 0.25) is 0 Å². The van der Waals surface area contributed by atoms with Crippen molar-refractivity contribution in [1.82, 2.24) is 0 Å². The molecule has 20 heavy (non-hydrogen) atoms. The van der Waals surface area contributed by atoms with Crippen molar-refractivity contribution < 1.29 is 9.47 Å². The molecule has 0 heterocycles. The van der Waals surface area contributed by atoms with Crippen LogP contribution in [0.2, 0.25) is 0 Å². The van der Waals surface area contributed by atoms with Crippen LogP contribution in [0.5, 0.6) is 11.5 Å². The molecule has 0 aliphatic carbocycles. The summed E-state index contributed by atoms with van der Waals surface area (Å²) in [5.41, 5.74) is 6.36. The van der Waals surface area contributed by atoms with Crippen molar-refractivity contribution in [3.05, 3.63) is 48.5 Å². The lowest BCUT2D eigenvalue weighted by atomic mass is 10.3. The number of rotatable bonds is 7. The van der Waals surface area contributed by atoms with Gasteiger partial charge in [0, 0.05) is 17.0 Å². The average molecular weight is 289 g/mol. The van der Waals surface area contributed by atoms with E-state index >= 15 is 0 Å². The van der Waals surface area contributed by atoms with Gasteiger partial charge in [-0.2, -0.15) is 0 Å². The normalized spacial score (nSPS) is 10.2. The molecule has 2 rings (SSSR count). The van der Waals surface area contributed by atoms with Crippen molar-refractivity contribution in [2.24, 2.45) is 0 Å². The molecule has 0 saturated heterocycles. The van der Waals surface area contributed by atoms with E-state index in [0.29, 0.717) is 13.2 Å². The fourth-order valence-corrected chi connectivity index (χ4v) is 2.08. The van der Waals surface area contributed by atoms with E-state index < -0.39 is 0 Å². The minimum atomic E-state index is 0.632. The Morgan fingerprint density at radius 2 is 1.35 bits per heavy atom. The fraction of sp³-hybridized carbons (Fsp3) is 0.250. The number of hydrogen-bond acceptors (Lipinski definition) is 4. The zero-order chi connectivity index (χ0) is 14.2. The first-order valence-corrected chi connectivity index (χ1v) is 7.75. The summed E-state index contributed by atoms with van der Waals surface area (Å²) in [5, 5.41) is 0. The van der Waals surface area contributed by atoms with E-state index in [2.05, 4.69) is 18.4 Å². The van der Waals surface area contributed by atoms with Crippen LogP contribution in [0.15, 0.2) is 53.4 Å². The maximum atomic E-state index is 5.65. The van der Waals surface area contributed by atoms with Crippen molar-refractivity contribution in [2.45, 2.75) is 11.3 Å². The first-order chi connectivity index (χ1) is 9.78. The van der Waals surface area contributed by atoms with Crippen LogP contribution in [0.1, 0.15) is 6.42 Å². The Morgan fingerprint density at radius 3 is 1.85 bits per heavy atom. The molecule has 0 fully saturated rings. The van der Waals surface area contributed by atoms with E-state index in [9.17, 15) is 0 Å². The number of ether oxygens (including phenoxy) is 2. The molecule has 0 amide bonds. The molecule has 0 saturated carbocycles. The smallest absolute Gasteiger partial charge is 0.119 e. The molecule has 3 nitrogen and oxygen atoms in total. The molecule has 0 aliphatic rings. The van der Waals surface area contributed by atoms with Crippen LogP contribution >= 0.6 is 11.8 Å². The Kier molecular flexibility index (Phi) is 5.62. The predicted molar refractivity (Wildman–Crippen MR) is 84.7 cm³/mol. The van der Waals surface area contributed by atoms with E-state index in [1.165, 1.54) is 4.90 Å². The molecule has 0 spiro atoms. The Morgan fingerprint density at radius 1 is 0.850 bits per heavy atom. The van der Waals surface area contributed by atoms with Crippen LogP contribution in [0.25, 0.3) is 0 Å². The third-order valence-corrected chi connectivity index (χ3v) is 3.51. The van der Waals surface area contributed by atoms with Crippen molar-refractivity contribution in [2.75, 3.05) is 25.2 Å². The van der Waals surface area contributed by atoms with E-state index in [-0.39, 0.29) is 0 Å². The number of anilines is 1. The summed E-state index contributed by atoms with van der Waals surface area (Å²) in [6.45, 7) is 1.28. The summed E-state index contributed by atoms with van der Waals surface area (Å²) in [6.07, 6.45) is 2.90. The summed E-state index contributed by atoms with van der Waals surface area (Å²) < 4.78 is 11.2. The lowest BCUT2D eigenvalue weighted by Crippen LogP contribution is -2.05. The van der Waals surface area contributed by atoms with Gasteiger partial charge in [0.15, 0.2) is 0 Å². The predicted octanol–water partition coefficient (Wildman–Crippen LogP) is 3.84. The van der Waals surface area contributed by atoms with Crippen LogP contribution in [-0.4, -0.2) is 19.5 Å². The lowest BCUT2D eigenvalue weighted by Gasteiger charge is -2.08. The third-order valence-electron chi connectivity index (χ3n) is 2.77. The Bertz CT molecular complexity index is 511. The van der Waals surface area contributed by atoms with Crippen LogP contribution < -0.4 is 15.2 Å². The molecule has 2 N–H and O–H groups in total. The second-order valence-corrected chi connectivity index (χ2v) is 5.17. The molecule has 0 unspecified atom stereocenters. The van der Waals surface area contributed by atoms with Gasteiger partial charge in [-0.25, -0.2) is 0 Å². The van der Waals surface area contributed by atoms with Gasteiger partial charge in [0.25, 0.3) is 0 Å². The molecular weight excluding hydrogens is 270 g/mol. The highest BCUT2D eigenvalue weighted by Crippen LogP contribution is 2.19. The molecule has 2 aromatic rings. The van der Waals surface area contributed by atoms with Crippen LogP contribution in [0, 0.1) is 0 Å². The van der Waals surface area contributed by atoms with Crippen molar-refractivity contribution in [3.63, 3.8) is 0 Å². The zero-order valence-electron chi connectivity index (χ0n) is 11.5. The average Bonchev–Trinajstić information content (AvgIpc) is 2.49. The molecule has 0 radical (unpaired) electrons. The van der Waals surface area contributed by atoms with Crippen molar-refractivity contribution in [1.29, 1.82) is 0 Å². The number of benzene rings is 2. The number of thioether (sulfide) groups is 1. The highest BCUT2D eigenvalue weighted by atomic mass is 32.2. The highest BCUT2D eigenvalue weighted by molar-refractivity contribution is 7.98. The number of hydrogen-bond donors (Lipinski definition) is 1. The minimum Gasteiger partial charge on any atom is -0.493 e. The summed E-state index contributed by atoms with van der Waals surface area (Å²) in [5.74, 6) is 1.74. The summed E-state index contributed by atoms with van der Waals surface area (Å²) in [4.78, 5) is 1.24. The van der Waals surface area contributed by atoms with Gasteiger partial charge in [-0.1, -0.05) is 0 Å². The van der Waals surface area contributed by atoms with Gasteiger partial charge in [-0.05, 0) is 54.8 Å². The summed E-state index contributed by atoms with van der Waals surface area (Å²) >= 11 is 1.72. The van der Waals surface area contributed by atoms with E-state index in [1.807, 2.05) is 36.4 Å². The summed E-state index contributed by atoms with van der Waals surface area (Å²) in [6, 6.07) is 15.5. The molecule has 0 atom stereocenters. The highest BCUT2D eigenvalue weighted by Gasteiger charge is 1.96. The molecule has 0 bridgehead atoms. The largest absolute Gasteiger partial charge is 0.493 e. The molecule has 0 aliphatic heterocycles. The van der Waals surface area contributed by atoms with Gasteiger partial charge in [-0.15, -0.1) is 11.8 Å². The van der Waals surface area contributed by atoms with Gasteiger partial charge in [0.05, 0.1) is 13.2 Å². The molecule has 0 aromatic heterocycles. The van der Waals surface area contributed by atoms with Gasteiger partial charge in [0.1, 0.15) is 11.5 Å². The Balaban J connectivity index is 1.64. The maximum Gasteiger partial charge on any atom is 0.119 e. The van der Waals surface area contributed by atoms with Crippen LogP contribution in [0.3, 0.4) is 0 Å². The monoisotopic (exact) mass is 289 g/mol. The fourth-order valence-electron chi connectivity index (χ4n) is 1.67.